The van der Waals surface area contributed by atoms with Gasteiger partial charge < -0.3 is 16.0 Å². The van der Waals surface area contributed by atoms with E-state index < -0.39 is 0 Å². The van der Waals surface area contributed by atoms with Crippen molar-refractivity contribution in [1.29, 1.82) is 0 Å². The summed E-state index contributed by atoms with van der Waals surface area (Å²) in [6.07, 6.45) is 4.22. The summed E-state index contributed by atoms with van der Waals surface area (Å²) in [5.41, 5.74) is 7.21. The molecule has 2 fully saturated rings. The van der Waals surface area contributed by atoms with E-state index in [2.05, 4.69) is 5.32 Å². The first-order valence-electron chi connectivity index (χ1n) is 7.98. The molecule has 3 N–H and O–H groups in total. The predicted octanol–water partition coefficient (Wildman–Crippen LogP) is 1.53. The molecule has 1 unspecified atom stereocenters. The molecule has 0 radical (unpaired) electrons. The van der Waals surface area contributed by atoms with Gasteiger partial charge in [-0.2, -0.15) is 0 Å². The van der Waals surface area contributed by atoms with Crippen LogP contribution in [-0.4, -0.2) is 31.4 Å². The van der Waals surface area contributed by atoms with Crippen LogP contribution in [0.4, 0.5) is 5.69 Å². The van der Waals surface area contributed by atoms with Gasteiger partial charge in [0.15, 0.2) is 0 Å². The zero-order chi connectivity index (χ0) is 15.7. The van der Waals surface area contributed by atoms with E-state index in [4.69, 9.17) is 5.73 Å². The van der Waals surface area contributed by atoms with Crippen LogP contribution in [0, 0.1) is 11.8 Å². The highest BCUT2D eigenvalue weighted by Crippen LogP contribution is 2.33. The highest BCUT2D eigenvalue weighted by Gasteiger charge is 2.33. The fraction of sp³-hybridized carbons (Fsp3) is 0.529. The molecule has 22 heavy (non-hydrogen) atoms. The van der Waals surface area contributed by atoms with Crippen molar-refractivity contribution in [2.24, 2.45) is 17.6 Å². The summed E-state index contributed by atoms with van der Waals surface area (Å²) in [5.74, 6) is 0.608. The first kappa shape index (κ1) is 15.0. The van der Waals surface area contributed by atoms with Crippen LogP contribution in [0.15, 0.2) is 24.3 Å². The summed E-state index contributed by atoms with van der Waals surface area (Å²) in [5, 5.41) is 2.90. The minimum absolute atomic E-state index is 0.0296. The van der Waals surface area contributed by atoms with Gasteiger partial charge in [-0.25, -0.2) is 0 Å². The standard InChI is InChI=1S/C17H23N3O2/c1-20(17(22)12-8-9-12)15-5-3-2-4-13(15)16(21)19-10-14(18)11-6-7-11/h2-5,11-12,14H,6-10,18H2,1H3,(H,19,21). The van der Waals surface area contributed by atoms with Crippen molar-refractivity contribution in [3.63, 3.8) is 0 Å². The lowest BCUT2D eigenvalue weighted by Crippen LogP contribution is -2.39. The van der Waals surface area contributed by atoms with Crippen LogP contribution in [0.2, 0.25) is 0 Å². The van der Waals surface area contributed by atoms with E-state index >= 15 is 0 Å². The molecular weight excluding hydrogens is 278 g/mol. The SMILES string of the molecule is CN(C(=O)C1CC1)c1ccccc1C(=O)NCC(N)C1CC1. The van der Waals surface area contributed by atoms with Crippen molar-refractivity contribution in [2.75, 3.05) is 18.5 Å². The number of benzene rings is 1. The van der Waals surface area contributed by atoms with Gasteiger partial charge in [0.2, 0.25) is 5.91 Å². The molecule has 1 aromatic rings. The maximum absolute atomic E-state index is 12.4. The zero-order valence-electron chi connectivity index (χ0n) is 12.9. The predicted molar refractivity (Wildman–Crippen MR) is 85.6 cm³/mol. The summed E-state index contributed by atoms with van der Waals surface area (Å²) in [6.45, 7) is 0.484. The molecule has 3 rings (SSSR count). The molecule has 1 atom stereocenters. The summed E-state index contributed by atoms with van der Waals surface area (Å²) in [7, 11) is 1.74. The van der Waals surface area contributed by atoms with Crippen molar-refractivity contribution in [2.45, 2.75) is 31.7 Å². The van der Waals surface area contributed by atoms with Crippen LogP contribution in [0.25, 0.3) is 0 Å². The number of anilines is 1. The first-order valence-corrected chi connectivity index (χ1v) is 7.98. The van der Waals surface area contributed by atoms with Crippen LogP contribution in [0.1, 0.15) is 36.0 Å². The van der Waals surface area contributed by atoms with E-state index in [-0.39, 0.29) is 23.8 Å². The third-order valence-electron chi connectivity index (χ3n) is 4.49. The fourth-order valence-electron chi connectivity index (χ4n) is 2.68. The number of nitrogens with two attached hydrogens (primary N) is 1. The lowest BCUT2D eigenvalue weighted by Gasteiger charge is -2.21. The molecule has 5 nitrogen and oxygen atoms in total. The van der Waals surface area contributed by atoms with Crippen LogP contribution >= 0.6 is 0 Å². The fourth-order valence-corrected chi connectivity index (χ4v) is 2.68. The lowest BCUT2D eigenvalue weighted by atomic mass is 10.1. The van der Waals surface area contributed by atoms with Crippen LogP contribution in [0.5, 0.6) is 0 Å². The summed E-state index contributed by atoms with van der Waals surface area (Å²) >= 11 is 0. The Morgan fingerprint density at radius 2 is 1.95 bits per heavy atom. The molecular formula is C17H23N3O2. The molecule has 0 bridgehead atoms. The van der Waals surface area contributed by atoms with Gasteiger partial charge in [-0.15, -0.1) is 0 Å². The Morgan fingerprint density at radius 1 is 1.27 bits per heavy atom. The zero-order valence-corrected chi connectivity index (χ0v) is 12.9. The maximum atomic E-state index is 12.4. The van der Waals surface area contributed by atoms with Gasteiger partial charge in [0.1, 0.15) is 0 Å². The summed E-state index contributed by atoms with van der Waals surface area (Å²) in [4.78, 5) is 26.2. The van der Waals surface area contributed by atoms with Crippen molar-refractivity contribution < 1.29 is 9.59 Å². The molecule has 118 valence electrons. The number of nitrogens with zero attached hydrogens (tertiary/aromatic N) is 1. The van der Waals surface area contributed by atoms with E-state index in [0.29, 0.717) is 23.7 Å². The van der Waals surface area contributed by atoms with Gasteiger partial charge >= 0.3 is 0 Å². The maximum Gasteiger partial charge on any atom is 0.253 e. The van der Waals surface area contributed by atoms with Crippen molar-refractivity contribution in [3.8, 4) is 0 Å². The number of rotatable bonds is 6. The minimum atomic E-state index is -0.165. The van der Waals surface area contributed by atoms with Gasteiger partial charge in [-0.1, -0.05) is 12.1 Å². The summed E-state index contributed by atoms with van der Waals surface area (Å²) < 4.78 is 0. The van der Waals surface area contributed by atoms with E-state index in [1.54, 1.807) is 18.0 Å². The molecule has 0 aliphatic heterocycles. The van der Waals surface area contributed by atoms with Crippen LogP contribution in [0.3, 0.4) is 0 Å². The van der Waals surface area contributed by atoms with E-state index in [0.717, 1.165) is 25.7 Å². The Morgan fingerprint density at radius 3 is 2.59 bits per heavy atom. The Bertz CT molecular complexity index is 579. The number of hydrogen-bond donors (Lipinski definition) is 2. The number of para-hydroxylation sites is 1. The molecule has 2 amide bonds. The molecule has 0 heterocycles. The normalized spacial score (nSPS) is 18.6. The number of carbonyl (C=O) groups is 2. The Kier molecular flexibility index (Phi) is 4.16. The third-order valence-corrected chi connectivity index (χ3v) is 4.49. The molecule has 1 aromatic carbocycles. The van der Waals surface area contributed by atoms with Crippen molar-refractivity contribution in [1.82, 2.24) is 5.32 Å². The number of carbonyl (C=O) groups excluding carboxylic acids is 2. The smallest absolute Gasteiger partial charge is 0.253 e. The average Bonchev–Trinajstić information content (AvgIpc) is 3.42. The molecule has 5 heteroatoms. The molecule has 2 saturated carbocycles. The Labute approximate surface area is 130 Å². The number of hydrogen-bond acceptors (Lipinski definition) is 3. The minimum Gasteiger partial charge on any atom is -0.350 e. The lowest BCUT2D eigenvalue weighted by molar-refractivity contribution is -0.119. The molecule has 0 saturated heterocycles. The molecule has 2 aliphatic carbocycles. The highest BCUT2D eigenvalue weighted by molar-refractivity contribution is 6.05. The molecule has 0 aromatic heterocycles. The first-order chi connectivity index (χ1) is 10.6. The van der Waals surface area contributed by atoms with Crippen molar-refractivity contribution >= 4 is 17.5 Å². The van der Waals surface area contributed by atoms with Gasteiger partial charge in [0.25, 0.3) is 5.91 Å². The summed E-state index contributed by atoms with van der Waals surface area (Å²) in [6, 6.07) is 7.26. The second kappa shape index (κ2) is 6.08. The Hall–Kier alpha value is -1.88. The van der Waals surface area contributed by atoms with E-state index in [1.807, 2.05) is 18.2 Å². The van der Waals surface area contributed by atoms with Gasteiger partial charge in [0, 0.05) is 25.6 Å². The van der Waals surface area contributed by atoms with E-state index in [1.165, 1.54) is 0 Å². The topological polar surface area (TPSA) is 75.4 Å². The van der Waals surface area contributed by atoms with E-state index in [9.17, 15) is 9.59 Å². The van der Waals surface area contributed by atoms with Gasteiger partial charge in [-0.3, -0.25) is 9.59 Å². The van der Waals surface area contributed by atoms with Crippen LogP contribution < -0.4 is 16.0 Å². The monoisotopic (exact) mass is 301 g/mol. The second-order valence-corrected chi connectivity index (χ2v) is 6.40. The largest absolute Gasteiger partial charge is 0.350 e. The third kappa shape index (κ3) is 3.30. The van der Waals surface area contributed by atoms with Crippen LogP contribution in [-0.2, 0) is 4.79 Å². The van der Waals surface area contributed by atoms with Gasteiger partial charge in [-0.05, 0) is 43.7 Å². The number of amides is 2. The highest BCUT2D eigenvalue weighted by atomic mass is 16.2. The number of nitrogens with one attached hydrogen (secondary N) is 1. The Balaban J connectivity index is 1.69. The molecule has 2 aliphatic rings. The second-order valence-electron chi connectivity index (χ2n) is 6.40. The molecule has 0 spiro atoms. The van der Waals surface area contributed by atoms with Crippen molar-refractivity contribution in [3.05, 3.63) is 29.8 Å². The van der Waals surface area contributed by atoms with Gasteiger partial charge in [0.05, 0.1) is 11.3 Å². The average molecular weight is 301 g/mol. The quantitative estimate of drug-likeness (QED) is 0.836.